The summed E-state index contributed by atoms with van der Waals surface area (Å²) in [5.41, 5.74) is 7.60. The third kappa shape index (κ3) is 2.93. The normalized spacial score (nSPS) is 11.7. The predicted molar refractivity (Wildman–Crippen MR) is 79.5 cm³/mol. The lowest BCUT2D eigenvalue weighted by Crippen LogP contribution is -2.10. The molecule has 2 aromatic heterocycles. The minimum absolute atomic E-state index is 0.0645. The fourth-order valence-corrected chi connectivity index (χ4v) is 4.42. The summed E-state index contributed by atoms with van der Waals surface area (Å²) >= 11 is 1.06. The zero-order valence-electron chi connectivity index (χ0n) is 11.3. The first kappa shape index (κ1) is 14.8. The number of H-pyrrole nitrogens is 1. The zero-order valence-corrected chi connectivity index (χ0v) is 12.9. The predicted octanol–water partition coefficient (Wildman–Crippen LogP) is 1.55. The summed E-state index contributed by atoms with van der Waals surface area (Å²) in [7, 11) is -3.39. The Morgan fingerprint density at radius 2 is 2.25 bits per heavy atom. The SMILES string of the molecule is CCCS(=O)(=O)c1c(N)nsc1NCc1cn[nH]c1C. The first-order valence-corrected chi connectivity index (χ1v) is 8.59. The van der Waals surface area contributed by atoms with Crippen LogP contribution < -0.4 is 11.1 Å². The van der Waals surface area contributed by atoms with Crippen LogP contribution in [0.5, 0.6) is 0 Å². The van der Waals surface area contributed by atoms with E-state index in [0.717, 1.165) is 22.8 Å². The van der Waals surface area contributed by atoms with Crippen molar-refractivity contribution in [3.63, 3.8) is 0 Å². The molecule has 7 nitrogen and oxygen atoms in total. The molecule has 2 heterocycles. The molecule has 0 unspecified atom stereocenters. The molecule has 0 radical (unpaired) electrons. The Kier molecular flexibility index (Phi) is 4.29. The molecule has 0 aliphatic rings. The van der Waals surface area contributed by atoms with Gasteiger partial charge in [0.15, 0.2) is 15.7 Å². The Labute approximate surface area is 121 Å². The largest absolute Gasteiger partial charge is 0.382 e. The number of nitrogens with one attached hydrogen (secondary N) is 2. The smallest absolute Gasteiger partial charge is 0.185 e. The number of aromatic amines is 1. The molecular weight excluding hydrogens is 298 g/mol. The molecule has 0 amide bonds. The van der Waals surface area contributed by atoms with Crippen molar-refractivity contribution in [2.45, 2.75) is 31.7 Å². The average molecular weight is 315 g/mol. The van der Waals surface area contributed by atoms with Crippen molar-refractivity contribution in [3.05, 3.63) is 17.5 Å². The Morgan fingerprint density at radius 3 is 2.85 bits per heavy atom. The minimum Gasteiger partial charge on any atom is -0.382 e. The van der Waals surface area contributed by atoms with Gasteiger partial charge in [-0.15, -0.1) is 0 Å². The Morgan fingerprint density at radius 1 is 1.50 bits per heavy atom. The molecule has 9 heteroatoms. The van der Waals surface area contributed by atoms with E-state index in [1.54, 1.807) is 6.20 Å². The minimum atomic E-state index is -3.39. The van der Waals surface area contributed by atoms with Gasteiger partial charge >= 0.3 is 0 Å². The van der Waals surface area contributed by atoms with E-state index in [-0.39, 0.29) is 16.5 Å². The zero-order chi connectivity index (χ0) is 14.8. The van der Waals surface area contributed by atoms with Crippen LogP contribution in [0.15, 0.2) is 11.1 Å². The molecule has 20 heavy (non-hydrogen) atoms. The molecule has 0 saturated carbocycles. The van der Waals surface area contributed by atoms with Crippen molar-refractivity contribution in [3.8, 4) is 0 Å². The number of anilines is 2. The van der Waals surface area contributed by atoms with Gasteiger partial charge in [-0.2, -0.15) is 9.47 Å². The summed E-state index contributed by atoms with van der Waals surface area (Å²) in [6, 6.07) is 0. The van der Waals surface area contributed by atoms with Crippen LogP contribution in [-0.4, -0.2) is 28.7 Å². The van der Waals surface area contributed by atoms with Gasteiger partial charge in [0, 0.05) is 17.8 Å². The molecule has 0 spiro atoms. The lowest BCUT2D eigenvalue weighted by Gasteiger charge is -2.07. The van der Waals surface area contributed by atoms with Gasteiger partial charge in [0.25, 0.3) is 0 Å². The molecule has 0 saturated heterocycles. The van der Waals surface area contributed by atoms with Crippen LogP contribution in [0.25, 0.3) is 0 Å². The molecule has 0 aliphatic heterocycles. The van der Waals surface area contributed by atoms with Crippen LogP contribution >= 0.6 is 11.5 Å². The van der Waals surface area contributed by atoms with E-state index in [4.69, 9.17) is 5.73 Å². The van der Waals surface area contributed by atoms with Gasteiger partial charge in [0.2, 0.25) is 0 Å². The summed E-state index contributed by atoms with van der Waals surface area (Å²) in [5, 5.41) is 10.3. The van der Waals surface area contributed by atoms with Crippen molar-refractivity contribution in [2.24, 2.45) is 0 Å². The van der Waals surface area contributed by atoms with E-state index < -0.39 is 9.84 Å². The third-order valence-electron chi connectivity index (χ3n) is 2.83. The van der Waals surface area contributed by atoms with Crippen LogP contribution in [0.3, 0.4) is 0 Å². The van der Waals surface area contributed by atoms with Gasteiger partial charge in [-0.3, -0.25) is 5.10 Å². The highest BCUT2D eigenvalue weighted by Crippen LogP contribution is 2.32. The van der Waals surface area contributed by atoms with E-state index in [1.807, 2.05) is 13.8 Å². The topological polar surface area (TPSA) is 114 Å². The third-order valence-corrected chi connectivity index (χ3v) is 5.76. The van der Waals surface area contributed by atoms with Crippen LogP contribution in [0.1, 0.15) is 24.6 Å². The second-order valence-electron chi connectivity index (χ2n) is 4.42. The summed E-state index contributed by atoms with van der Waals surface area (Å²) < 4.78 is 28.3. The number of hydrogen-bond acceptors (Lipinski definition) is 7. The van der Waals surface area contributed by atoms with Gasteiger partial charge in [-0.25, -0.2) is 8.42 Å². The Bertz CT molecular complexity index is 689. The second kappa shape index (κ2) is 5.80. The average Bonchev–Trinajstić information content (AvgIpc) is 2.93. The molecule has 0 fully saturated rings. The number of nitrogen functional groups attached to an aromatic ring is 1. The van der Waals surface area contributed by atoms with E-state index in [9.17, 15) is 8.42 Å². The number of rotatable bonds is 6. The molecular formula is C11H17N5O2S2. The number of aryl methyl sites for hydroxylation is 1. The molecule has 4 N–H and O–H groups in total. The number of hydrogen-bond donors (Lipinski definition) is 3. The molecule has 2 aromatic rings. The van der Waals surface area contributed by atoms with Crippen LogP contribution in [0.4, 0.5) is 10.8 Å². The summed E-state index contributed by atoms with van der Waals surface area (Å²) in [5.74, 6) is 0.129. The van der Waals surface area contributed by atoms with Crippen LogP contribution in [-0.2, 0) is 16.4 Å². The first-order valence-electron chi connectivity index (χ1n) is 6.16. The van der Waals surface area contributed by atoms with E-state index in [0.29, 0.717) is 18.0 Å². The first-order chi connectivity index (χ1) is 9.45. The Hall–Kier alpha value is -1.61. The highest BCUT2D eigenvalue weighted by molar-refractivity contribution is 7.91. The van der Waals surface area contributed by atoms with E-state index in [2.05, 4.69) is 19.9 Å². The number of nitrogens with two attached hydrogens (primary N) is 1. The maximum atomic E-state index is 12.2. The van der Waals surface area contributed by atoms with Crippen molar-refractivity contribution in [1.82, 2.24) is 14.6 Å². The molecule has 0 atom stereocenters. The summed E-state index contributed by atoms with van der Waals surface area (Å²) in [6.45, 7) is 4.19. The second-order valence-corrected chi connectivity index (χ2v) is 7.24. The van der Waals surface area contributed by atoms with E-state index >= 15 is 0 Å². The standard InChI is InChI=1S/C11H17N5O2S2/c1-3-4-20(17,18)9-10(12)16-19-11(9)13-5-8-6-14-15-7(8)2/h6,13H,3-5H2,1-2H3,(H2,12,16)(H,14,15). The summed E-state index contributed by atoms with van der Waals surface area (Å²) in [4.78, 5) is 0.116. The van der Waals surface area contributed by atoms with Gasteiger partial charge in [0.05, 0.1) is 11.9 Å². The lowest BCUT2D eigenvalue weighted by atomic mass is 10.3. The molecule has 0 aliphatic carbocycles. The van der Waals surface area contributed by atoms with E-state index in [1.165, 1.54) is 0 Å². The van der Waals surface area contributed by atoms with Crippen molar-refractivity contribution < 1.29 is 8.42 Å². The van der Waals surface area contributed by atoms with Crippen molar-refractivity contribution in [2.75, 3.05) is 16.8 Å². The molecule has 2 rings (SSSR count). The fourth-order valence-electron chi connectivity index (χ4n) is 1.81. The molecule has 0 bridgehead atoms. The summed E-state index contributed by atoms with van der Waals surface area (Å²) in [6.07, 6.45) is 2.24. The maximum absolute atomic E-state index is 12.2. The van der Waals surface area contributed by atoms with Crippen molar-refractivity contribution in [1.29, 1.82) is 0 Å². The number of sulfone groups is 1. The monoisotopic (exact) mass is 315 g/mol. The van der Waals surface area contributed by atoms with Gasteiger partial charge in [0.1, 0.15) is 9.90 Å². The lowest BCUT2D eigenvalue weighted by molar-refractivity contribution is 0.595. The Balaban J connectivity index is 2.24. The quantitative estimate of drug-likeness (QED) is 0.745. The van der Waals surface area contributed by atoms with Crippen LogP contribution in [0.2, 0.25) is 0 Å². The van der Waals surface area contributed by atoms with Crippen molar-refractivity contribution >= 4 is 32.2 Å². The van der Waals surface area contributed by atoms with Crippen LogP contribution in [0, 0.1) is 6.92 Å². The number of aromatic nitrogens is 3. The highest BCUT2D eigenvalue weighted by Gasteiger charge is 2.24. The molecule has 0 aromatic carbocycles. The van der Waals surface area contributed by atoms with Gasteiger partial charge in [-0.1, -0.05) is 6.92 Å². The molecule has 110 valence electrons. The fraction of sp³-hybridized carbons (Fsp3) is 0.455. The van der Waals surface area contributed by atoms with Gasteiger partial charge < -0.3 is 11.1 Å². The number of nitrogens with zero attached hydrogens (tertiary/aromatic N) is 2. The maximum Gasteiger partial charge on any atom is 0.185 e. The highest BCUT2D eigenvalue weighted by atomic mass is 32.2. The van der Waals surface area contributed by atoms with Gasteiger partial charge in [-0.05, 0) is 24.9 Å².